The number of nitrogens with zero attached hydrogens (tertiary/aromatic N) is 3. The quantitative estimate of drug-likeness (QED) is 0.781. The first-order valence-corrected chi connectivity index (χ1v) is 11.4. The summed E-state index contributed by atoms with van der Waals surface area (Å²) in [4.78, 5) is 32.4. The Kier molecular flexibility index (Phi) is 7.33. The van der Waals surface area contributed by atoms with Gasteiger partial charge in [0.1, 0.15) is 6.04 Å². The number of piperidine rings is 1. The lowest BCUT2D eigenvalue weighted by molar-refractivity contribution is -0.139. The number of hydrogen-bond acceptors (Lipinski definition) is 4. The van der Waals surface area contributed by atoms with E-state index in [-0.39, 0.29) is 17.9 Å². The van der Waals surface area contributed by atoms with Gasteiger partial charge in [-0.2, -0.15) is 0 Å². The van der Waals surface area contributed by atoms with E-state index in [2.05, 4.69) is 27.2 Å². The zero-order valence-corrected chi connectivity index (χ0v) is 18.1. The van der Waals surface area contributed by atoms with Crippen molar-refractivity contribution in [1.29, 1.82) is 0 Å². The largest absolute Gasteiger partial charge is 0.341 e. The minimum absolute atomic E-state index is 0.00338. The van der Waals surface area contributed by atoms with Crippen LogP contribution < -0.4 is 5.32 Å². The molecular formula is C25H32N4O2. The lowest BCUT2D eigenvalue weighted by atomic mass is 10.0. The molecule has 0 aliphatic carbocycles. The third-order valence-electron chi connectivity index (χ3n) is 6.21. The van der Waals surface area contributed by atoms with Gasteiger partial charge in [0.05, 0.1) is 6.54 Å². The van der Waals surface area contributed by atoms with Crippen LogP contribution in [0.5, 0.6) is 0 Å². The zero-order chi connectivity index (χ0) is 21.5. The van der Waals surface area contributed by atoms with Crippen LogP contribution in [0.1, 0.15) is 30.9 Å². The topological polar surface area (TPSA) is 55.9 Å². The van der Waals surface area contributed by atoms with Crippen molar-refractivity contribution in [2.45, 2.75) is 25.3 Å². The van der Waals surface area contributed by atoms with E-state index in [1.807, 2.05) is 53.4 Å². The molecule has 2 amide bonds. The molecule has 2 fully saturated rings. The van der Waals surface area contributed by atoms with E-state index in [4.69, 9.17) is 0 Å². The number of piperazine rings is 1. The lowest BCUT2D eigenvalue weighted by Crippen LogP contribution is -2.53. The number of anilines is 1. The Morgan fingerprint density at radius 3 is 2.03 bits per heavy atom. The fraction of sp³-hybridized carbons (Fsp3) is 0.440. The number of likely N-dealkylation sites (tertiary alicyclic amines) is 1. The summed E-state index contributed by atoms with van der Waals surface area (Å²) in [7, 11) is 0. The molecule has 1 atom stereocenters. The van der Waals surface area contributed by atoms with E-state index in [0.29, 0.717) is 6.54 Å². The smallest absolute Gasteiger partial charge is 0.244 e. The van der Waals surface area contributed by atoms with Crippen LogP contribution in [0.2, 0.25) is 0 Å². The van der Waals surface area contributed by atoms with Crippen molar-refractivity contribution in [1.82, 2.24) is 14.7 Å². The maximum Gasteiger partial charge on any atom is 0.244 e. The highest BCUT2D eigenvalue weighted by molar-refractivity contribution is 5.92. The average molecular weight is 421 g/mol. The Balaban J connectivity index is 1.37. The second-order valence-corrected chi connectivity index (χ2v) is 8.43. The first kappa shape index (κ1) is 21.5. The highest BCUT2D eigenvalue weighted by Crippen LogP contribution is 2.26. The number of carbonyl (C=O) groups is 2. The molecule has 0 aromatic heterocycles. The van der Waals surface area contributed by atoms with Gasteiger partial charge in [0.15, 0.2) is 0 Å². The molecule has 0 saturated carbocycles. The van der Waals surface area contributed by atoms with Gasteiger partial charge in [0, 0.05) is 45.0 Å². The third-order valence-corrected chi connectivity index (χ3v) is 6.21. The fourth-order valence-electron chi connectivity index (χ4n) is 4.54. The van der Waals surface area contributed by atoms with Crippen LogP contribution in [-0.4, -0.2) is 72.3 Å². The molecule has 2 heterocycles. The van der Waals surface area contributed by atoms with Crippen LogP contribution >= 0.6 is 0 Å². The summed E-state index contributed by atoms with van der Waals surface area (Å²) in [6, 6.07) is 19.5. The van der Waals surface area contributed by atoms with Crippen molar-refractivity contribution in [2.24, 2.45) is 0 Å². The number of nitrogens with one attached hydrogen (secondary N) is 1. The van der Waals surface area contributed by atoms with E-state index < -0.39 is 0 Å². The molecule has 164 valence electrons. The first-order valence-electron chi connectivity index (χ1n) is 11.4. The molecule has 0 radical (unpaired) electrons. The Hall–Kier alpha value is -2.70. The summed E-state index contributed by atoms with van der Waals surface area (Å²) in [5.74, 6) is 0.227. The van der Waals surface area contributed by atoms with Crippen molar-refractivity contribution in [3.8, 4) is 0 Å². The average Bonchev–Trinajstić information content (AvgIpc) is 2.82. The number of hydrogen-bond donors (Lipinski definition) is 1. The predicted octanol–water partition coefficient (Wildman–Crippen LogP) is 3.00. The van der Waals surface area contributed by atoms with E-state index in [0.717, 1.165) is 63.4 Å². The minimum Gasteiger partial charge on any atom is -0.341 e. The van der Waals surface area contributed by atoms with Gasteiger partial charge in [0.25, 0.3) is 0 Å². The Morgan fingerprint density at radius 2 is 1.39 bits per heavy atom. The van der Waals surface area contributed by atoms with Crippen molar-refractivity contribution in [2.75, 3.05) is 51.1 Å². The van der Waals surface area contributed by atoms with E-state index in [1.54, 1.807) is 0 Å². The standard InChI is InChI=1S/C25H32N4O2/c30-23(26-22-12-6-2-7-13-22)20-27-16-18-28(19-17-27)24(21-10-4-1-5-11-21)25(31)29-14-8-3-9-15-29/h1-2,4-7,10-13,24H,3,8-9,14-20H2,(H,26,30). The third kappa shape index (κ3) is 5.71. The molecule has 6 heteroatoms. The molecular weight excluding hydrogens is 388 g/mol. The summed E-state index contributed by atoms with van der Waals surface area (Å²) in [6.07, 6.45) is 3.40. The molecule has 2 aliphatic heterocycles. The van der Waals surface area contributed by atoms with Gasteiger partial charge < -0.3 is 10.2 Å². The van der Waals surface area contributed by atoms with Crippen molar-refractivity contribution < 1.29 is 9.59 Å². The normalized spacial score (nSPS) is 19.0. The molecule has 2 saturated heterocycles. The summed E-state index contributed by atoms with van der Waals surface area (Å²) in [6.45, 7) is 5.20. The van der Waals surface area contributed by atoms with Gasteiger partial charge in [-0.15, -0.1) is 0 Å². The lowest BCUT2D eigenvalue weighted by Gasteiger charge is -2.41. The molecule has 1 N–H and O–H groups in total. The molecule has 2 aliphatic rings. The number of benzene rings is 2. The summed E-state index contributed by atoms with van der Waals surface area (Å²) in [5, 5.41) is 2.96. The molecule has 2 aromatic carbocycles. The Morgan fingerprint density at radius 1 is 0.774 bits per heavy atom. The summed E-state index contributed by atoms with van der Waals surface area (Å²) >= 11 is 0. The Bertz CT molecular complexity index is 844. The van der Waals surface area contributed by atoms with Crippen LogP contribution in [-0.2, 0) is 9.59 Å². The van der Waals surface area contributed by atoms with Gasteiger partial charge in [-0.25, -0.2) is 0 Å². The monoisotopic (exact) mass is 420 g/mol. The van der Waals surface area contributed by atoms with Gasteiger partial charge in [-0.3, -0.25) is 19.4 Å². The number of amides is 2. The van der Waals surface area contributed by atoms with Gasteiger partial charge in [0.2, 0.25) is 11.8 Å². The van der Waals surface area contributed by atoms with E-state index >= 15 is 0 Å². The molecule has 0 bridgehead atoms. The molecule has 6 nitrogen and oxygen atoms in total. The molecule has 1 unspecified atom stereocenters. The second kappa shape index (κ2) is 10.6. The van der Waals surface area contributed by atoms with Gasteiger partial charge in [-0.05, 0) is 37.0 Å². The van der Waals surface area contributed by atoms with Crippen molar-refractivity contribution in [3.05, 3.63) is 66.2 Å². The van der Waals surface area contributed by atoms with E-state index in [9.17, 15) is 9.59 Å². The first-order chi connectivity index (χ1) is 15.2. The Labute approximate surface area is 184 Å². The second-order valence-electron chi connectivity index (χ2n) is 8.43. The van der Waals surface area contributed by atoms with Crippen molar-refractivity contribution >= 4 is 17.5 Å². The van der Waals surface area contributed by atoms with Gasteiger partial charge >= 0.3 is 0 Å². The highest BCUT2D eigenvalue weighted by atomic mass is 16.2. The van der Waals surface area contributed by atoms with Crippen LogP contribution in [0.4, 0.5) is 5.69 Å². The molecule has 4 rings (SSSR count). The maximum atomic E-state index is 13.5. The number of para-hydroxylation sites is 1. The molecule has 0 spiro atoms. The number of rotatable bonds is 6. The minimum atomic E-state index is -0.236. The maximum absolute atomic E-state index is 13.5. The SMILES string of the molecule is O=C(CN1CCN(C(C(=O)N2CCCCC2)c2ccccc2)CC1)Nc1ccccc1. The summed E-state index contributed by atoms with van der Waals surface area (Å²) < 4.78 is 0. The van der Waals surface area contributed by atoms with Crippen molar-refractivity contribution in [3.63, 3.8) is 0 Å². The van der Waals surface area contributed by atoms with Crippen LogP contribution in [0.3, 0.4) is 0 Å². The predicted molar refractivity (Wildman–Crippen MR) is 123 cm³/mol. The zero-order valence-electron chi connectivity index (χ0n) is 18.1. The number of carbonyl (C=O) groups excluding carboxylic acids is 2. The van der Waals surface area contributed by atoms with Crippen LogP contribution in [0.15, 0.2) is 60.7 Å². The fourth-order valence-corrected chi connectivity index (χ4v) is 4.54. The van der Waals surface area contributed by atoms with Gasteiger partial charge in [-0.1, -0.05) is 48.5 Å². The van der Waals surface area contributed by atoms with Crippen LogP contribution in [0.25, 0.3) is 0 Å². The van der Waals surface area contributed by atoms with E-state index in [1.165, 1.54) is 6.42 Å². The van der Waals surface area contributed by atoms with Crippen LogP contribution in [0, 0.1) is 0 Å². The molecule has 31 heavy (non-hydrogen) atoms. The highest BCUT2D eigenvalue weighted by Gasteiger charge is 2.34. The molecule has 2 aromatic rings. The summed E-state index contributed by atoms with van der Waals surface area (Å²) in [5.41, 5.74) is 1.88.